The molecule has 270 valence electrons. The molecule has 0 unspecified atom stereocenters. The Morgan fingerprint density at radius 3 is 1.79 bits per heavy atom. The first-order valence-electron chi connectivity index (χ1n) is 19.8. The van der Waals surface area contributed by atoms with Crippen molar-refractivity contribution in [2.75, 3.05) is 0 Å². The van der Waals surface area contributed by atoms with E-state index in [1.165, 1.54) is 74.9 Å². The van der Waals surface area contributed by atoms with Crippen LogP contribution in [-0.4, -0.2) is 9.13 Å². The lowest BCUT2D eigenvalue weighted by atomic mass is 10.00. The fraction of sp³-hybridized carbons (Fsp3) is 0. The third-order valence-corrected chi connectivity index (χ3v) is 13.3. The van der Waals surface area contributed by atoms with E-state index in [1.807, 2.05) is 17.4 Å². The predicted molar refractivity (Wildman–Crippen MR) is 246 cm³/mol. The van der Waals surface area contributed by atoms with Crippen LogP contribution in [0.25, 0.3) is 119 Å². The number of aromatic nitrogens is 2. The fourth-order valence-corrected chi connectivity index (χ4v) is 10.8. The Bertz CT molecular complexity index is 3790. The van der Waals surface area contributed by atoms with Gasteiger partial charge in [0.15, 0.2) is 0 Å². The summed E-state index contributed by atoms with van der Waals surface area (Å²) in [6.07, 6.45) is 0. The van der Waals surface area contributed by atoms with Crippen molar-refractivity contribution in [3.63, 3.8) is 0 Å². The third kappa shape index (κ3) is 4.49. The minimum atomic E-state index is 0.911. The maximum Gasteiger partial charge on any atom is 0.143 e. The first-order valence-corrected chi connectivity index (χ1v) is 20.6. The molecule has 9 aromatic carbocycles. The predicted octanol–water partition coefficient (Wildman–Crippen LogP) is 15.5. The highest BCUT2D eigenvalue weighted by Crippen LogP contribution is 2.44. The van der Waals surface area contributed by atoms with Crippen LogP contribution in [0.3, 0.4) is 0 Å². The van der Waals surface area contributed by atoms with E-state index in [0.717, 1.165) is 44.4 Å². The molecular weight excluding hydrogens is 725 g/mol. The van der Waals surface area contributed by atoms with Gasteiger partial charge >= 0.3 is 0 Å². The maximum atomic E-state index is 6.52. The summed E-state index contributed by atoms with van der Waals surface area (Å²) < 4.78 is 14.0. The molecule has 0 aliphatic rings. The van der Waals surface area contributed by atoms with Crippen molar-refractivity contribution >= 4 is 97.1 Å². The van der Waals surface area contributed by atoms with E-state index in [0.29, 0.717) is 0 Å². The summed E-state index contributed by atoms with van der Waals surface area (Å²) >= 11 is 1.88. The van der Waals surface area contributed by atoms with E-state index in [-0.39, 0.29) is 0 Å². The van der Waals surface area contributed by atoms with E-state index in [9.17, 15) is 0 Å². The normalized spacial score (nSPS) is 12.1. The molecule has 13 rings (SSSR count). The average Bonchev–Trinajstić information content (AvgIpc) is 4.03. The Balaban J connectivity index is 1.04. The minimum Gasteiger partial charge on any atom is -0.455 e. The van der Waals surface area contributed by atoms with Crippen LogP contribution in [-0.2, 0) is 0 Å². The van der Waals surface area contributed by atoms with E-state index < -0.39 is 0 Å². The first kappa shape index (κ1) is 31.8. The Morgan fingerprint density at radius 2 is 0.948 bits per heavy atom. The molecule has 4 heteroatoms. The van der Waals surface area contributed by atoms with Crippen LogP contribution in [0.2, 0.25) is 0 Å². The van der Waals surface area contributed by atoms with Gasteiger partial charge in [-0.1, -0.05) is 127 Å². The lowest BCUT2D eigenvalue weighted by Gasteiger charge is -2.11. The van der Waals surface area contributed by atoms with Gasteiger partial charge in [-0.2, -0.15) is 0 Å². The van der Waals surface area contributed by atoms with Crippen LogP contribution in [0.15, 0.2) is 199 Å². The lowest BCUT2D eigenvalue weighted by Crippen LogP contribution is -1.96. The van der Waals surface area contributed by atoms with Gasteiger partial charge in [0.2, 0.25) is 0 Å². The molecular formula is C54H32N2OS. The van der Waals surface area contributed by atoms with Crippen LogP contribution in [0.4, 0.5) is 0 Å². The van der Waals surface area contributed by atoms with Crippen LogP contribution < -0.4 is 0 Å². The molecule has 0 fully saturated rings. The summed E-state index contributed by atoms with van der Waals surface area (Å²) in [6, 6.07) is 70.7. The highest BCUT2D eigenvalue weighted by Gasteiger charge is 2.20. The second-order valence-electron chi connectivity index (χ2n) is 15.2. The molecule has 0 atom stereocenters. The summed E-state index contributed by atoms with van der Waals surface area (Å²) in [5, 5.41) is 9.83. The Kier molecular flexibility index (Phi) is 6.60. The molecule has 0 aliphatic heterocycles. The molecule has 4 aromatic heterocycles. The monoisotopic (exact) mass is 756 g/mol. The van der Waals surface area contributed by atoms with E-state index >= 15 is 0 Å². The van der Waals surface area contributed by atoms with Gasteiger partial charge in [-0.3, -0.25) is 0 Å². The second-order valence-corrected chi connectivity index (χ2v) is 16.3. The van der Waals surface area contributed by atoms with Crippen molar-refractivity contribution < 1.29 is 4.42 Å². The zero-order valence-electron chi connectivity index (χ0n) is 31.2. The van der Waals surface area contributed by atoms with Crippen molar-refractivity contribution in [1.82, 2.24) is 9.13 Å². The molecule has 58 heavy (non-hydrogen) atoms. The van der Waals surface area contributed by atoms with Crippen molar-refractivity contribution in [2.24, 2.45) is 0 Å². The van der Waals surface area contributed by atoms with Crippen molar-refractivity contribution in [1.29, 1.82) is 0 Å². The number of thiophene rings is 1. The number of para-hydroxylation sites is 4. The van der Waals surface area contributed by atoms with Gasteiger partial charge in [-0.15, -0.1) is 11.3 Å². The largest absolute Gasteiger partial charge is 0.455 e. The highest BCUT2D eigenvalue weighted by atomic mass is 32.1. The zero-order chi connectivity index (χ0) is 37.9. The number of benzene rings is 9. The van der Waals surface area contributed by atoms with Gasteiger partial charge in [0.05, 0.1) is 22.1 Å². The van der Waals surface area contributed by atoms with Crippen molar-refractivity contribution in [3.05, 3.63) is 194 Å². The van der Waals surface area contributed by atoms with Gasteiger partial charge in [-0.25, -0.2) is 0 Å². The molecule has 0 N–H and O–H groups in total. The maximum absolute atomic E-state index is 6.52. The zero-order valence-corrected chi connectivity index (χ0v) is 32.0. The second kappa shape index (κ2) is 12.1. The van der Waals surface area contributed by atoms with Crippen LogP contribution >= 0.6 is 11.3 Å². The SMILES string of the molecule is c1ccc(-n2c3ccc(-c4cccc5c4oc4ccccc45)cc3c3cc4c5ccccc5n(-c5ccc(-c6cccc7c6sc6ccccc67)cc5)c4cc32)cc1. The molecule has 4 heterocycles. The van der Waals surface area contributed by atoms with Crippen LogP contribution in [0.1, 0.15) is 0 Å². The topological polar surface area (TPSA) is 23.0 Å². The summed E-state index contributed by atoms with van der Waals surface area (Å²) in [5.41, 5.74) is 13.6. The van der Waals surface area contributed by atoms with Crippen LogP contribution in [0, 0.1) is 0 Å². The van der Waals surface area contributed by atoms with E-state index in [1.54, 1.807) is 0 Å². The van der Waals surface area contributed by atoms with Crippen LogP contribution in [0.5, 0.6) is 0 Å². The van der Waals surface area contributed by atoms with Gasteiger partial charge in [0.1, 0.15) is 11.2 Å². The Morgan fingerprint density at radius 1 is 0.345 bits per heavy atom. The molecule has 13 aromatic rings. The summed E-state index contributed by atoms with van der Waals surface area (Å²) in [4.78, 5) is 0. The summed E-state index contributed by atoms with van der Waals surface area (Å²) in [7, 11) is 0. The van der Waals surface area contributed by atoms with Crippen molar-refractivity contribution in [3.8, 4) is 33.6 Å². The summed E-state index contributed by atoms with van der Waals surface area (Å²) in [5.74, 6) is 0. The van der Waals surface area contributed by atoms with Gasteiger partial charge in [0, 0.05) is 69.4 Å². The Labute approximate surface area is 336 Å². The summed E-state index contributed by atoms with van der Waals surface area (Å²) in [6.45, 7) is 0. The number of hydrogen-bond donors (Lipinski definition) is 0. The van der Waals surface area contributed by atoms with Gasteiger partial charge < -0.3 is 13.6 Å². The molecule has 0 bridgehead atoms. The molecule has 0 aliphatic carbocycles. The molecule has 0 radical (unpaired) electrons. The smallest absolute Gasteiger partial charge is 0.143 e. The van der Waals surface area contributed by atoms with E-state index in [2.05, 4.69) is 197 Å². The average molecular weight is 757 g/mol. The number of rotatable bonds is 4. The first-order chi connectivity index (χ1) is 28.8. The molecule has 3 nitrogen and oxygen atoms in total. The van der Waals surface area contributed by atoms with Gasteiger partial charge in [0.25, 0.3) is 0 Å². The lowest BCUT2D eigenvalue weighted by molar-refractivity contribution is 0.670. The molecule has 0 saturated heterocycles. The van der Waals surface area contributed by atoms with Crippen molar-refractivity contribution in [2.45, 2.75) is 0 Å². The number of fused-ring (bicyclic) bond motifs is 12. The number of hydrogen-bond acceptors (Lipinski definition) is 2. The number of furan rings is 1. The highest BCUT2D eigenvalue weighted by molar-refractivity contribution is 7.26. The number of nitrogens with zero attached hydrogens (tertiary/aromatic N) is 2. The minimum absolute atomic E-state index is 0.911. The quantitative estimate of drug-likeness (QED) is 0.175. The molecule has 0 amide bonds. The van der Waals surface area contributed by atoms with E-state index in [4.69, 9.17) is 4.42 Å². The van der Waals surface area contributed by atoms with Gasteiger partial charge in [-0.05, 0) is 83.4 Å². The molecule has 0 spiro atoms. The third-order valence-electron chi connectivity index (χ3n) is 12.1. The standard InChI is InChI=1S/C54H32N2OS/c1-2-12-35(13-3-1)55-48-29-26-34(37-17-10-19-42-40-15-5-8-22-51(40)57-53(37)42)30-44(48)46-31-45-39-14-4-7-21-47(39)56(49(45)32-50(46)55)36-27-24-33(25-28-36)38-18-11-20-43-41-16-6-9-23-52(41)58-54(38)43/h1-32H. The Hall–Kier alpha value is -7.40. The molecule has 0 saturated carbocycles. The fourth-order valence-electron chi connectivity index (χ4n) is 9.52.